The molecular formula is C26H21N5O2S. The average Bonchev–Trinajstić information content (AvgIpc) is 2.87. The molecule has 0 saturated carbocycles. The van der Waals surface area contributed by atoms with Gasteiger partial charge in [-0.15, -0.1) is 0 Å². The fourth-order valence-electron chi connectivity index (χ4n) is 3.92. The van der Waals surface area contributed by atoms with E-state index in [1.807, 2.05) is 66.7 Å². The van der Waals surface area contributed by atoms with E-state index in [1.54, 1.807) is 18.6 Å². The van der Waals surface area contributed by atoms with Crippen LogP contribution in [0.4, 0.5) is 5.82 Å². The second kappa shape index (κ2) is 9.01. The van der Waals surface area contributed by atoms with Gasteiger partial charge >= 0.3 is 0 Å². The molecule has 0 fully saturated rings. The molecule has 0 saturated heterocycles. The van der Waals surface area contributed by atoms with Gasteiger partial charge in [0, 0.05) is 41.3 Å². The molecule has 0 amide bonds. The monoisotopic (exact) mass is 467 g/mol. The molecule has 0 unspecified atom stereocenters. The molecule has 0 aliphatic heterocycles. The fourth-order valence-corrected chi connectivity index (χ4v) is 4.42. The predicted octanol–water partition coefficient (Wildman–Crippen LogP) is 4.62. The molecule has 0 aliphatic carbocycles. The maximum absolute atomic E-state index is 11.9. The maximum Gasteiger partial charge on any atom is 0.239 e. The van der Waals surface area contributed by atoms with Crippen LogP contribution in [-0.4, -0.2) is 23.4 Å². The SMILES string of the molecule is NS(=O)(=O)c1cncc(-c2cnc(NCc3ccccn3)c3c(-c4ccccc4)cccc23)c1. The number of benzene rings is 2. The minimum Gasteiger partial charge on any atom is -0.364 e. The van der Waals surface area contributed by atoms with Crippen molar-refractivity contribution in [2.45, 2.75) is 11.4 Å². The van der Waals surface area contributed by atoms with Gasteiger partial charge in [-0.1, -0.05) is 54.6 Å². The van der Waals surface area contributed by atoms with Gasteiger partial charge in [0.25, 0.3) is 0 Å². The molecule has 0 radical (unpaired) electrons. The highest BCUT2D eigenvalue weighted by Gasteiger charge is 2.16. The van der Waals surface area contributed by atoms with Crippen molar-refractivity contribution >= 4 is 26.6 Å². The normalized spacial score (nSPS) is 11.4. The number of hydrogen-bond donors (Lipinski definition) is 2. The first kappa shape index (κ1) is 21.7. The Bertz CT molecular complexity index is 1570. The number of rotatable bonds is 6. The van der Waals surface area contributed by atoms with E-state index >= 15 is 0 Å². The number of anilines is 1. The lowest BCUT2D eigenvalue weighted by atomic mass is 9.94. The Morgan fingerprint density at radius 3 is 2.38 bits per heavy atom. The second-order valence-electron chi connectivity index (χ2n) is 7.74. The van der Waals surface area contributed by atoms with Crippen LogP contribution in [0.3, 0.4) is 0 Å². The smallest absolute Gasteiger partial charge is 0.239 e. The lowest BCUT2D eigenvalue weighted by Crippen LogP contribution is -2.12. The van der Waals surface area contributed by atoms with E-state index in [0.29, 0.717) is 17.9 Å². The number of nitrogens with zero attached hydrogens (tertiary/aromatic N) is 3. The molecule has 3 heterocycles. The molecule has 0 bridgehead atoms. The molecule has 34 heavy (non-hydrogen) atoms. The Balaban J connectivity index is 1.71. The summed E-state index contributed by atoms with van der Waals surface area (Å²) in [5.74, 6) is 0.708. The minimum atomic E-state index is -3.89. The van der Waals surface area contributed by atoms with Crippen molar-refractivity contribution < 1.29 is 8.42 Å². The van der Waals surface area contributed by atoms with E-state index in [2.05, 4.69) is 15.3 Å². The van der Waals surface area contributed by atoms with Gasteiger partial charge in [-0.05, 0) is 34.7 Å². The van der Waals surface area contributed by atoms with Crippen LogP contribution >= 0.6 is 0 Å². The third kappa shape index (κ3) is 4.36. The molecule has 0 atom stereocenters. The standard InChI is InChI=1S/C26H21N5O2S/c27-34(32,33)21-13-19(14-28-16-21)24-17-31-26(30-15-20-9-4-5-12-29-20)25-22(10-6-11-23(24)25)18-7-2-1-3-8-18/h1-14,16-17H,15H2,(H,30,31)(H2,27,32,33). The van der Waals surface area contributed by atoms with E-state index in [9.17, 15) is 8.42 Å². The highest BCUT2D eigenvalue weighted by molar-refractivity contribution is 7.89. The summed E-state index contributed by atoms with van der Waals surface area (Å²) in [4.78, 5) is 13.2. The second-order valence-corrected chi connectivity index (χ2v) is 9.31. The van der Waals surface area contributed by atoms with Crippen LogP contribution in [-0.2, 0) is 16.6 Å². The number of nitrogens with two attached hydrogens (primary N) is 1. The van der Waals surface area contributed by atoms with Gasteiger partial charge in [0.2, 0.25) is 10.0 Å². The number of primary sulfonamides is 1. The summed E-state index contributed by atoms with van der Waals surface area (Å²) in [5, 5.41) is 10.6. The average molecular weight is 468 g/mol. The number of fused-ring (bicyclic) bond motifs is 1. The zero-order valence-corrected chi connectivity index (χ0v) is 18.9. The summed E-state index contributed by atoms with van der Waals surface area (Å²) in [7, 11) is -3.89. The van der Waals surface area contributed by atoms with Crippen LogP contribution in [0.2, 0.25) is 0 Å². The van der Waals surface area contributed by atoms with Gasteiger partial charge < -0.3 is 5.32 Å². The van der Waals surface area contributed by atoms with Crippen molar-refractivity contribution in [3.05, 3.63) is 103 Å². The molecule has 5 aromatic rings. The van der Waals surface area contributed by atoms with Crippen molar-refractivity contribution in [3.63, 3.8) is 0 Å². The molecule has 5 rings (SSSR count). The first-order valence-corrected chi connectivity index (χ1v) is 12.1. The van der Waals surface area contributed by atoms with Gasteiger partial charge in [-0.2, -0.15) is 0 Å². The number of pyridine rings is 3. The Morgan fingerprint density at radius 1 is 0.794 bits per heavy atom. The van der Waals surface area contributed by atoms with Crippen molar-refractivity contribution in [2.75, 3.05) is 5.32 Å². The first-order valence-electron chi connectivity index (χ1n) is 10.6. The Kier molecular flexibility index (Phi) is 5.75. The molecule has 2 aromatic carbocycles. The van der Waals surface area contributed by atoms with E-state index < -0.39 is 10.0 Å². The molecule has 0 spiro atoms. The zero-order chi connectivity index (χ0) is 23.5. The van der Waals surface area contributed by atoms with E-state index in [4.69, 9.17) is 10.1 Å². The molecule has 8 heteroatoms. The Morgan fingerprint density at radius 2 is 1.62 bits per heavy atom. The highest BCUT2D eigenvalue weighted by atomic mass is 32.2. The lowest BCUT2D eigenvalue weighted by Gasteiger charge is -2.16. The summed E-state index contributed by atoms with van der Waals surface area (Å²) >= 11 is 0. The van der Waals surface area contributed by atoms with Crippen molar-refractivity contribution in [1.82, 2.24) is 15.0 Å². The molecule has 0 aliphatic rings. The summed E-state index contributed by atoms with van der Waals surface area (Å²) in [5.41, 5.74) is 4.32. The van der Waals surface area contributed by atoms with Gasteiger partial charge in [0.15, 0.2) is 0 Å². The Labute approximate surface area is 197 Å². The summed E-state index contributed by atoms with van der Waals surface area (Å²) < 4.78 is 23.8. The first-order chi connectivity index (χ1) is 16.5. The van der Waals surface area contributed by atoms with Crippen molar-refractivity contribution in [2.24, 2.45) is 5.14 Å². The van der Waals surface area contributed by atoms with Gasteiger partial charge in [0.1, 0.15) is 10.7 Å². The summed E-state index contributed by atoms with van der Waals surface area (Å²) in [6.45, 7) is 0.508. The largest absolute Gasteiger partial charge is 0.364 e. The van der Waals surface area contributed by atoms with Crippen LogP contribution in [0.25, 0.3) is 33.0 Å². The van der Waals surface area contributed by atoms with Crippen LogP contribution in [0.15, 0.2) is 102 Å². The molecular weight excluding hydrogens is 446 g/mol. The number of sulfonamides is 1. The summed E-state index contributed by atoms with van der Waals surface area (Å²) in [6, 6.07) is 23.4. The third-order valence-electron chi connectivity index (χ3n) is 5.51. The Hall–Kier alpha value is -4.14. The van der Waals surface area contributed by atoms with Crippen LogP contribution < -0.4 is 10.5 Å². The van der Waals surface area contributed by atoms with Crippen molar-refractivity contribution in [1.29, 1.82) is 0 Å². The number of hydrogen-bond acceptors (Lipinski definition) is 6. The van der Waals surface area contributed by atoms with E-state index in [1.165, 1.54) is 12.3 Å². The highest BCUT2D eigenvalue weighted by Crippen LogP contribution is 2.38. The van der Waals surface area contributed by atoms with E-state index in [0.717, 1.165) is 33.2 Å². The molecule has 3 N–H and O–H groups in total. The number of aromatic nitrogens is 3. The zero-order valence-electron chi connectivity index (χ0n) is 18.1. The van der Waals surface area contributed by atoms with E-state index in [-0.39, 0.29) is 4.90 Å². The van der Waals surface area contributed by atoms with Gasteiger partial charge in [-0.3, -0.25) is 9.97 Å². The fraction of sp³-hybridized carbons (Fsp3) is 0.0385. The molecule has 7 nitrogen and oxygen atoms in total. The van der Waals surface area contributed by atoms with Gasteiger partial charge in [-0.25, -0.2) is 18.5 Å². The van der Waals surface area contributed by atoms with Crippen LogP contribution in [0, 0.1) is 0 Å². The summed E-state index contributed by atoms with van der Waals surface area (Å²) in [6.07, 6.45) is 6.34. The van der Waals surface area contributed by atoms with Gasteiger partial charge in [0.05, 0.1) is 12.2 Å². The lowest BCUT2D eigenvalue weighted by molar-refractivity contribution is 0.597. The molecule has 168 valence electrons. The topological polar surface area (TPSA) is 111 Å². The predicted molar refractivity (Wildman–Crippen MR) is 133 cm³/mol. The van der Waals surface area contributed by atoms with Crippen LogP contribution in [0.1, 0.15) is 5.69 Å². The minimum absolute atomic E-state index is 0.0466. The molecule has 3 aromatic heterocycles. The van der Waals surface area contributed by atoms with Crippen LogP contribution in [0.5, 0.6) is 0 Å². The quantitative estimate of drug-likeness (QED) is 0.377. The maximum atomic E-state index is 11.9. The van der Waals surface area contributed by atoms with Crippen molar-refractivity contribution in [3.8, 4) is 22.3 Å². The third-order valence-corrected chi connectivity index (χ3v) is 6.40. The number of nitrogens with one attached hydrogen (secondary N) is 1.